The number of nitrogens with zero attached hydrogens (tertiary/aromatic N) is 2. The van der Waals surface area contributed by atoms with Gasteiger partial charge >= 0.3 is 0 Å². The molecule has 42 heavy (non-hydrogen) atoms. The molecule has 3 fully saturated rings. The van der Waals surface area contributed by atoms with Gasteiger partial charge in [-0.2, -0.15) is 8.61 Å². The van der Waals surface area contributed by atoms with Crippen LogP contribution in [0.3, 0.4) is 0 Å². The van der Waals surface area contributed by atoms with Crippen molar-refractivity contribution in [1.29, 1.82) is 0 Å². The number of benzene rings is 4. The van der Waals surface area contributed by atoms with E-state index in [9.17, 15) is 33.7 Å². The van der Waals surface area contributed by atoms with Crippen molar-refractivity contribution in [2.45, 2.75) is 34.0 Å². The summed E-state index contributed by atoms with van der Waals surface area (Å²) in [6.07, 6.45) is 0. The molecule has 0 aromatic heterocycles. The summed E-state index contributed by atoms with van der Waals surface area (Å²) < 4.78 is 111. The van der Waals surface area contributed by atoms with E-state index in [2.05, 4.69) is 0 Å². The summed E-state index contributed by atoms with van der Waals surface area (Å²) in [5.74, 6) is -2.45. The minimum absolute atomic E-state index is 0.113. The Kier molecular flexibility index (Phi) is 6.19. The molecule has 0 N–H and O–H groups in total. The number of rotatable bonds is 4. The summed E-state index contributed by atoms with van der Waals surface area (Å²) in [5, 5.41) is 2.88. The molecule has 0 saturated carbocycles. The molecular weight excluding hydrogens is 621 g/mol. The van der Waals surface area contributed by atoms with E-state index in [-0.39, 0.29) is 9.79 Å². The van der Waals surface area contributed by atoms with Gasteiger partial charge in [-0.15, -0.1) is 0 Å². The van der Waals surface area contributed by atoms with Crippen molar-refractivity contribution in [2.75, 3.05) is 23.0 Å². The largest absolute Gasteiger partial charge is 0.243 e. The summed E-state index contributed by atoms with van der Waals surface area (Å²) >= 11 is 0. The minimum Gasteiger partial charge on any atom is -0.229 e. The van der Waals surface area contributed by atoms with Gasteiger partial charge in [-0.1, -0.05) is 60.7 Å². The second-order valence-electron chi connectivity index (χ2n) is 11.1. The lowest BCUT2D eigenvalue weighted by molar-refractivity contribution is 0.0841. The lowest BCUT2D eigenvalue weighted by Crippen LogP contribution is -2.69. The molecule has 4 aromatic rings. The highest BCUT2D eigenvalue weighted by Gasteiger charge is 2.63. The Bertz CT molecular complexity index is 2020. The smallest absolute Gasteiger partial charge is 0.229 e. The van der Waals surface area contributed by atoms with Crippen LogP contribution in [0.25, 0.3) is 21.5 Å². The highest BCUT2D eigenvalue weighted by Crippen LogP contribution is 2.43. The van der Waals surface area contributed by atoms with Gasteiger partial charge in [-0.3, -0.25) is 0 Å². The van der Waals surface area contributed by atoms with E-state index in [1.165, 1.54) is 24.3 Å². The molecule has 3 saturated heterocycles. The van der Waals surface area contributed by atoms with Crippen molar-refractivity contribution in [3.63, 3.8) is 0 Å². The minimum atomic E-state index is -4.44. The Morgan fingerprint density at radius 2 is 0.786 bits per heavy atom. The second-order valence-corrected chi connectivity index (χ2v) is 19.1. The summed E-state index contributed by atoms with van der Waals surface area (Å²) in [7, 11) is -16.6. The van der Waals surface area contributed by atoms with Crippen molar-refractivity contribution < 1.29 is 33.7 Å². The first-order valence-corrected chi connectivity index (χ1v) is 19.7. The van der Waals surface area contributed by atoms with E-state index in [4.69, 9.17) is 0 Å². The third kappa shape index (κ3) is 4.38. The van der Waals surface area contributed by atoms with Crippen molar-refractivity contribution in [3.8, 4) is 0 Å². The second kappa shape index (κ2) is 9.31. The predicted octanol–water partition coefficient (Wildman–Crippen LogP) is 2.02. The molecule has 0 bridgehead atoms. The lowest BCUT2D eigenvalue weighted by atomic mass is 10.0. The maximum absolute atomic E-state index is 14.3. The average Bonchev–Trinajstić information content (AvgIpc) is 3.42. The van der Waals surface area contributed by atoms with Gasteiger partial charge in [0, 0.05) is 0 Å². The van der Waals surface area contributed by atoms with Crippen LogP contribution in [0.1, 0.15) is 0 Å². The molecule has 3 aliphatic heterocycles. The predicted molar refractivity (Wildman–Crippen MR) is 158 cm³/mol. The van der Waals surface area contributed by atoms with Gasteiger partial charge in [0.1, 0.15) is 0 Å². The Morgan fingerprint density at radius 3 is 1.12 bits per heavy atom. The third-order valence-electron chi connectivity index (χ3n) is 8.49. The molecular formula is C28H26N2O8S4. The number of sulfone groups is 2. The zero-order valence-corrected chi connectivity index (χ0v) is 25.3. The van der Waals surface area contributed by atoms with Crippen molar-refractivity contribution >= 4 is 61.3 Å². The Labute approximate surface area is 244 Å². The number of piperazine rings is 1. The van der Waals surface area contributed by atoms with Crippen LogP contribution in [0.5, 0.6) is 0 Å². The highest BCUT2D eigenvalue weighted by atomic mass is 32.2. The van der Waals surface area contributed by atoms with E-state index >= 15 is 0 Å². The molecule has 10 nitrogen and oxygen atoms in total. The molecule has 4 aromatic carbocycles. The molecule has 3 heterocycles. The Balaban J connectivity index is 1.40. The van der Waals surface area contributed by atoms with Crippen molar-refractivity contribution in [3.05, 3.63) is 84.9 Å². The van der Waals surface area contributed by atoms with Gasteiger partial charge in [-0.25, -0.2) is 33.7 Å². The maximum atomic E-state index is 14.3. The fourth-order valence-corrected chi connectivity index (χ4v) is 14.8. The standard InChI is InChI=1S/C28H26N2O8S4/c31-39(32)15-25-27(17-39)30(42(37,38)24-12-10-20-6-2-4-8-22(20)14-24)28-18-40(33,34)16-26(28)29(25)41(35,36)23-11-9-19-5-1-3-7-21(19)13-23/h1-14,25-28H,15-18H2/t25-,26-,27-,28+/m0/s1. The van der Waals surface area contributed by atoms with Gasteiger partial charge in [0.25, 0.3) is 0 Å². The lowest BCUT2D eigenvalue weighted by Gasteiger charge is -2.49. The summed E-state index contributed by atoms with van der Waals surface area (Å²) in [4.78, 5) is -0.226. The van der Waals surface area contributed by atoms with Crippen LogP contribution in [0.2, 0.25) is 0 Å². The summed E-state index contributed by atoms with van der Waals surface area (Å²) in [5.41, 5.74) is 0. The van der Waals surface area contributed by atoms with Gasteiger partial charge in [0.05, 0.1) is 57.0 Å². The molecule has 14 heteroatoms. The molecule has 220 valence electrons. The molecule has 0 amide bonds. The van der Waals surface area contributed by atoms with Crippen molar-refractivity contribution in [1.82, 2.24) is 8.61 Å². The van der Waals surface area contributed by atoms with Crippen LogP contribution in [0.15, 0.2) is 94.7 Å². The summed E-state index contributed by atoms with van der Waals surface area (Å²) in [6.45, 7) is 0. The topological polar surface area (TPSA) is 143 Å². The molecule has 0 spiro atoms. The normalized spacial score (nSPS) is 27.6. The van der Waals surface area contributed by atoms with Crippen LogP contribution < -0.4 is 0 Å². The zero-order valence-electron chi connectivity index (χ0n) is 22.0. The highest BCUT2D eigenvalue weighted by molar-refractivity contribution is 7.93. The number of fused-ring (bicyclic) bond motifs is 4. The Morgan fingerprint density at radius 1 is 0.476 bits per heavy atom. The van der Waals surface area contributed by atoms with E-state index in [0.717, 1.165) is 19.4 Å². The first-order chi connectivity index (χ1) is 19.8. The number of hydrogen-bond donors (Lipinski definition) is 0. The Hall–Kier alpha value is -2.88. The van der Waals surface area contributed by atoms with Crippen LogP contribution in [0.4, 0.5) is 0 Å². The van der Waals surface area contributed by atoms with E-state index in [0.29, 0.717) is 10.8 Å². The van der Waals surface area contributed by atoms with Crippen LogP contribution in [-0.2, 0) is 39.7 Å². The fourth-order valence-electron chi connectivity index (χ4n) is 6.70. The molecule has 3 aliphatic rings. The maximum Gasteiger partial charge on any atom is 0.243 e. The molecule has 4 atom stereocenters. The molecule has 0 aliphatic carbocycles. The van der Waals surface area contributed by atoms with Crippen LogP contribution in [-0.4, -0.2) is 89.5 Å². The van der Waals surface area contributed by atoms with E-state index in [1.54, 1.807) is 36.4 Å². The SMILES string of the molecule is O=S1(=O)C[C@@H]2[C@H](C1)N(S(=O)(=O)c1ccc3ccccc3c1)[C@H]1CS(=O)(=O)C[C@@H]1N2S(=O)(=O)c1ccc2ccccc2c1. The third-order valence-corrected chi connectivity index (χ3v) is 15.8. The number of hydrogen-bond acceptors (Lipinski definition) is 8. The first-order valence-electron chi connectivity index (χ1n) is 13.2. The molecule has 0 radical (unpaired) electrons. The summed E-state index contributed by atoms with van der Waals surface area (Å²) in [6, 6.07) is 18.1. The van der Waals surface area contributed by atoms with Gasteiger partial charge < -0.3 is 0 Å². The van der Waals surface area contributed by atoms with E-state index < -0.39 is 86.9 Å². The van der Waals surface area contributed by atoms with Gasteiger partial charge in [-0.05, 0) is 45.8 Å². The van der Waals surface area contributed by atoms with Crippen LogP contribution >= 0.6 is 0 Å². The van der Waals surface area contributed by atoms with Crippen LogP contribution in [0, 0.1) is 0 Å². The average molecular weight is 647 g/mol. The monoisotopic (exact) mass is 646 g/mol. The molecule has 0 unspecified atom stereocenters. The fraction of sp³-hybridized carbons (Fsp3) is 0.286. The van der Waals surface area contributed by atoms with Crippen molar-refractivity contribution in [2.24, 2.45) is 0 Å². The number of sulfonamides is 2. The first kappa shape index (κ1) is 27.9. The molecule has 7 rings (SSSR count). The van der Waals surface area contributed by atoms with Gasteiger partial charge in [0.2, 0.25) is 20.0 Å². The quantitative estimate of drug-likeness (QED) is 0.328. The van der Waals surface area contributed by atoms with E-state index in [1.807, 2.05) is 24.3 Å². The van der Waals surface area contributed by atoms with Gasteiger partial charge in [0.15, 0.2) is 19.7 Å². The zero-order chi connectivity index (χ0) is 29.7.